The van der Waals surface area contributed by atoms with E-state index in [2.05, 4.69) is 0 Å². The van der Waals surface area contributed by atoms with Crippen LogP contribution in [0.2, 0.25) is 0 Å². The van der Waals surface area contributed by atoms with Crippen LogP contribution in [0.25, 0.3) is 6.08 Å². The lowest BCUT2D eigenvalue weighted by atomic mass is 10.1. The van der Waals surface area contributed by atoms with E-state index in [0.717, 1.165) is 42.3 Å². The number of carbonyl (C=O) groups is 3. The number of rotatable bonds is 7. The maximum absolute atomic E-state index is 12.9. The van der Waals surface area contributed by atoms with Crippen LogP contribution in [0.1, 0.15) is 36.8 Å². The fraction of sp³-hybridized carbons (Fsp3) is 0.320. The summed E-state index contributed by atoms with van der Waals surface area (Å²) in [4.78, 5) is 51.6. The smallest absolute Gasteiger partial charge is 0.294 e. The first-order valence-corrected chi connectivity index (χ1v) is 12.2. The summed E-state index contributed by atoms with van der Waals surface area (Å²) in [6.45, 7) is 1.14. The number of imide groups is 1. The number of amides is 3. The largest absolute Gasteiger partial charge is 0.488 e. The number of nitro groups is 1. The second kappa shape index (κ2) is 11.2. The lowest BCUT2D eigenvalue weighted by Crippen LogP contribution is -2.42. The molecule has 2 aromatic rings. The van der Waals surface area contributed by atoms with Crippen LogP contribution in [-0.4, -0.2) is 51.4 Å². The van der Waals surface area contributed by atoms with Crippen molar-refractivity contribution in [1.82, 2.24) is 9.80 Å². The molecule has 4 rings (SSSR count). The van der Waals surface area contributed by atoms with Gasteiger partial charge in [-0.25, -0.2) is 0 Å². The molecule has 10 heteroatoms. The SMILES string of the molecule is O=C(CN1C(=O)SC(=Cc2ccccc2OCc2cccc([N+](=O)[O-])c2)C1=O)N1CCCCCC1. The molecule has 182 valence electrons. The summed E-state index contributed by atoms with van der Waals surface area (Å²) < 4.78 is 5.87. The van der Waals surface area contributed by atoms with Crippen molar-refractivity contribution >= 4 is 40.6 Å². The van der Waals surface area contributed by atoms with Crippen LogP contribution in [0.4, 0.5) is 10.5 Å². The second-order valence-electron chi connectivity index (χ2n) is 8.32. The van der Waals surface area contributed by atoms with Crippen molar-refractivity contribution in [3.05, 3.63) is 74.7 Å². The number of hydrogen-bond donors (Lipinski definition) is 0. The van der Waals surface area contributed by atoms with Gasteiger partial charge >= 0.3 is 0 Å². The first kappa shape index (κ1) is 24.5. The van der Waals surface area contributed by atoms with Gasteiger partial charge < -0.3 is 9.64 Å². The number of thioether (sulfide) groups is 1. The van der Waals surface area contributed by atoms with Gasteiger partial charge in [0.1, 0.15) is 18.9 Å². The lowest BCUT2D eigenvalue weighted by Gasteiger charge is -2.22. The van der Waals surface area contributed by atoms with Crippen LogP contribution in [0.3, 0.4) is 0 Å². The fourth-order valence-corrected chi connectivity index (χ4v) is 4.81. The maximum atomic E-state index is 12.9. The van der Waals surface area contributed by atoms with Crippen LogP contribution >= 0.6 is 11.8 Å². The highest BCUT2D eigenvalue weighted by molar-refractivity contribution is 8.18. The summed E-state index contributed by atoms with van der Waals surface area (Å²) in [5.41, 5.74) is 1.19. The molecule has 35 heavy (non-hydrogen) atoms. The van der Waals surface area contributed by atoms with E-state index in [1.165, 1.54) is 12.1 Å². The number of ether oxygens (including phenoxy) is 1. The Morgan fingerprint density at radius 3 is 2.54 bits per heavy atom. The molecule has 2 saturated heterocycles. The first-order valence-electron chi connectivity index (χ1n) is 11.4. The predicted octanol–water partition coefficient (Wildman–Crippen LogP) is 4.61. The minimum atomic E-state index is -0.503. The molecule has 0 spiro atoms. The Hall–Kier alpha value is -3.66. The van der Waals surface area contributed by atoms with Gasteiger partial charge in [-0.3, -0.25) is 29.4 Å². The van der Waals surface area contributed by atoms with E-state index >= 15 is 0 Å². The molecule has 0 saturated carbocycles. The highest BCUT2D eigenvalue weighted by Gasteiger charge is 2.37. The minimum absolute atomic E-state index is 0.0252. The average Bonchev–Trinajstić information content (AvgIpc) is 3.04. The van der Waals surface area contributed by atoms with Crippen LogP contribution in [-0.2, 0) is 16.2 Å². The normalized spacial score (nSPS) is 17.5. The summed E-state index contributed by atoms with van der Waals surface area (Å²) >= 11 is 0.795. The number of benzene rings is 2. The van der Waals surface area contributed by atoms with E-state index in [9.17, 15) is 24.5 Å². The summed E-state index contributed by atoms with van der Waals surface area (Å²) in [6.07, 6.45) is 5.60. The van der Waals surface area contributed by atoms with E-state index in [1.54, 1.807) is 47.4 Å². The average molecular weight is 496 g/mol. The summed E-state index contributed by atoms with van der Waals surface area (Å²) in [6, 6.07) is 13.2. The molecule has 0 radical (unpaired) electrons. The van der Waals surface area contributed by atoms with Gasteiger partial charge in [0.05, 0.1) is 9.83 Å². The molecular weight excluding hydrogens is 470 g/mol. The molecule has 0 unspecified atom stereocenters. The summed E-state index contributed by atoms with van der Waals surface area (Å²) in [5, 5.41) is 10.5. The molecule has 0 atom stereocenters. The van der Waals surface area contributed by atoms with Crippen LogP contribution < -0.4 is 4.74 Å². The first-order chi connectivity index (χ1) is 16.9. The van der Waals surface area contributed by atoms with E-state index in [1.807, 2.05) is 0 Å². The molecule has 0 aliphatic carbocycles. The number of likely N-dealkylation sites (tertiary alicyclic amines) is 1. The zero-order valence-electron chi connectivity index (χ0n) is 19.1. The number of nitro benzene ring substituents is 1. The van der Waals surface area contributed by atoms with Crippen LogP contribution in [0.15, 0.2) is 53.4 Å². The van der Waals surface area contributed by atoms with E-state index in [0.29, 0.717) is 30.0 Å². The maximum Gasteiger partial charge on any atom is 0.294 e. The topological polar surface area (TPSA) is 110 Å². The second-order valence-corrected chi connectivity index (χ2v) is 9.31. The van der Waals surface area contributed by atoms with Crippen molar-refractivity contribution in [3.63, 3.8) is 0 Å². The molecule has 2 aromatic carbocycles. The molecule has 9 nitrogen and oxygen atoms in total. The van der Waals surface area contributed by atoms with Crippen LogP contribution in [0, 0.1) is 10.1 Å². The molecular formula is C25H25N3O6S. The molecule has 2 heterocycles. The Labute approximate surface area is 206 Å². The molecule has 2 fully saturated rings. The van der Waals surface area contributed by atoms with Gasteiger partial charge in [-0.15, -0.1) is 0 Å². The number of non-ortho nitro benzene ring substituents is 1. The van der Waals surface area contributed by atoms with Gasteiger partial charge in [-0.2, -0.15) is 0 Å². The van der Waals surface area contributed by atoms with Crippen molar-refractivity contribution in [2.75, 3.05) is 19.6 Å². The van der Waals surface area contributed by atoms with Gasteiger partial charge in [-0.1, -0.05) is 43.2 Å². The standard InChI is InChI=1S/C25H25N3O6S/c29-23(26-12-5-1-2-6-13-26)16-27-24(30)22(35-25(27)31)15-19-9-3-4-11-21(19)34-17-18-8-7-10-20(14-18)28(32)33/h3-4,7-11,14-15H,1-2,5-6,12-13,16-17H2. The van der Waals surface area contributed by atoms with E-state index in [-0.39, 0.29) is 29.7 Å². The quantitative estimate of drug-likeness (QED) is 0.313. The molecule has 0 aromatic heterocycles. The molecule has 0 bridgehead atoms. The predicted molar refractivity (Wildman–Crippen MR) is 132 cm³/mol. The Morgan fingerprint density at radius 1 is 1.06 bits per heavy atom. The molecule has 2 aliphatic rings. The van der Waals surface area contributed by atoms with Gasteiger partial charge in [0, 0.05) is 30.8 Å². The lowest BCUT2D eigenvalue weighted by molar-refractivity contribution is -0.384. The Morgan fingerprint density at radius 2 is 1.80 bits per heavy atom. The third-order valence-electron chi connectivity index (χ3n) is 5.85. The number of hydrogen-bond acceptors (Lipinski definition) is 7. The van der Waals surface area contributed by atoms with Crippen molar-refractivity contribution < 1.29 is 24.0 Å². The van der Waals surface area contributed by atoms with Gasteiger partial charge in [0.15, 0.2) is 0 Å². The number of carbonyl (C=O) groups excluding carboxylic acids is 3. The molecule has 3 amide bonds. The Balaban J connectivity index is 1.45. The summed E-state index contributed by atoms with van der Waals surface area (Å²) in [7, 11) is 0. The highest BCUT2D eigenvalue weighted by atomic mass is 32.2. The van der Waals surface area contributed by atoms with E-state index < -0.39 is 16.1 Å². The van der Waals surface area contributed by atoms with Gasteiger partial charge in [0.2, 0.25) is 5.91 Å². The van der Waals surface area contributed by atoms with Gasteiger partial charge in [0.25, 0.3) is 16.8 Å². The Kier molecular flexibility index (Phi) is 7.81. The summed E-state index contributed by atoms with van der Waals surface area (Å²) in [5.74, 6) is -0.251. The van der Waals surface area contributed by atoms with E-state index in [4.69, 9.17) is 4.74 Å². The van der Waals surface area contributed by atoms with Crippen LogP contribution in [0.5, 0.6) is 5.75 Å². The third-order valence-corrected chi connectivity index (χ3v) is 6.75. The number of nitrogens with zero attached hydrogens (tertiary/aromatic N) is 3. The molecule has 0 N–H and O–H groups in total. The zero-order valence-corrected chi connectivity index (χ0v) is 19.9. The van der Waals surface area contributed by atoms with Gasteiger partial charge in [-0.05, 0) is 42.3 Å². The minimum Gasteiger partial charge on any atom is -0.488 e. The third kappa shape index (κ3) is 6.07. The zero-order chi connectivity index (χ0) is 24.8. The van der Waals surface area contributed by atoms with Crippen molar-refractivity contribution in [1.29, 1.82) is 0 Å². The fourth-order valence-electron chi connectivity index (χ4n) is 3.98. The monoisotopic (exact) mass is 495 g/mol. The Bertz CT molecular complexity index is 1170. The highest BCUT2D eigenvalue weighted by Crippen LogP contribution is 2.34. The number of para-hydroxylation sites is 1. The van der Waals surface area contributed by atoms with Crippen molar-refractivity contribution in [2.24, 2.45) is 0 Å². The molecule has 2 aliphatic heterocycles. The van der Waals surface area contributed by atoms with Crippen molar-refractivity contribution in [3.8, 4) is 5.75 Å². The van der Waals surface area contributed by atoms with Crippen molar-refractivity contribution in [2.45, 2.75) is 32.3 Å².